The average Bonchev–Trinajstić information content (AvgIpc) is 3.25. The molecule has 0 unspecified atom stereocenters. The minimum absolute atomic E-state index is 0.0368. The van der Waals surface area contributed by atoms with Gasteiger partial charge in [-0.3, -0.25) is 0 Å². The Bertz CT molecular complexity index is 1380. The van der Waals surface area contributed by atoms with E-state index in [4.69, 9.17) is 9.47 Å². The lowest BCUT2D eigenvalue weighted by Crippen LogP contribution is -2.44. The first-order valence-electron chi connectivity index (χ1n) is 11.2. The van der Waals surface area contributed by atoms with Gasteiger partial charge in [-0.15, -0.1) is 0 Å². The number of benzene rings is 1. The monoisotopic (exact) mass is 520 g/mol. The molecule has 0 aliphatic carbocycles. The van der Waals surface area contributed by atoms with Crippen LogP contribution in [0.4, 0.5) is 30.6 Å². The Morgan fingerprint density at radius 1 is 1.25 bits per heavy atom. The number of anilines is 3. The van der Waals surface area contributed by atoms with Gasteiger partial charge in [0.15, 0.2) is 7.14 Å². The fourth-order valence-electron chi connectivity index (χ4n) is 3.99. The maximum absolute atomic E-state index is 13.6. The molecule has 1 aromatic carbocycles. The minimum Gasteiger partial charge on any atom is -0.495 e. The fraction of sp³-hybridized carbons (Fsp3) is 0.304. The van der Waals surface area contributed by atoms with Gasteiger partial charge >= 0.3 is 6.18 Å². The normalized spacial score (nSPS) is 17.3. The standard InChI is InChI=1S/C23H24F3N6O3P/c1-3-27-20-19-16(23(24,25)26)11-28-21(19)31-22(30-20)29-17-5-4-15(10-18(17)34-2)36(33)8-6-32(7-9-36)14-12-35-13-14/h4-11,14H,3,12-13H2,1-2H3,(H3,27,28,29,30,31). The Balaban J connectivity index is 1.44. The third-order valence-electron chi connectivity index (χ3n) is 5.98. The molecular weight excluding hydrogens is 496 g/mol. The van der Waals surface area contributed by atoms with E-state index >= 15 is 0 Å². The first kappa shape index (κ1) is 24.2. The highest BCUT2D eigenvalue weighted by Crippen LogP contribution is 2.51. The molecule has 0 atom stereocenters. The van der Waals surface area contributed by atoms with E-state index in [9.17, 15) is 17.7 Å². The number of hydrogen-bond acceptors (Lipinski definition) is 8. The maximum atomic E-state index is 13.6. The molecule has 2 aliphatic heterocycles. The third kappa shape index (κ3) is 4.42. The fourth-order valence-corrected chi connectivity index (χ4v) is 5.77. The molecule has 36 heavy (non-hydrogen) atoms. The van der Waals surface area contributed by atoms with Crippen molar-refractivity contribution in [2.75, 3.05) is 37.5 Å². The first-order valence-corrected chi connectivity index (χ1v) is 13.1. The Morgan fingerprint density at radius 3 is 2.61 bits per heavy atom. The predicted octanol–water partition coefficient (Wildman–Crippen LogP) is 4.81. The number of ether oxygens (including phenoxy) is 2. The summed E-state index contributed by atoms with van der Waals surface area (Å²) in [4.78, 5) is 13.0. The molecule has 1 fully saturated rings. The molecule has 5 rings (SSSR count). The van der Waals surface area contributed by atoms with Crippen molar-refractivity contribution in [1.82, 2.24) is 19.9 Å². The van der Waals surface area contributed by atoms with Crippen LogP contribution in [0, 0.1) is 0 Å². The van der Waals surface area contributed by atoms with E-state index in [2.05, 4.69) is 25.6 Å². The second-order valence-electron chi connectivity index (χ2n) is 8.30. The molecule has 9 nitrogen and oxygen atoms in total. The van der Waals surface area contributed by atoms with Gasteiger partial charge in [0.2, 0.25) is 5.95 Å². The first-order chi connectivity index (χ1) is 17.2. The molecule has 2 aromatic heterocycles. The number of fused-ring (bicyclic) bond motifs is 1. The van der Waals surface area contributed by atoms with E-state index in [0.29, 0.717) is 36.5 Å². The second kappa shape index (κ2) is 9.18. The van der Waals surface area contributed by atoms with Crippen LogP contribution in [0.25, 0.3) is 11.0 Å². The Hall–Kier alpha value is -3.50. The topological polar surface area (TPSA) is 104 Å². The van der Waals surface area contributed by atoms with Crippen LogP contribution in [0.2, 0.25) is 0 Å². The molecule has 0 bridgehead atoms. The maximum Gasteiger partial charge on any atom is 0.418 e. The lowest BCUT2D eigenvalue weighted by molar-refractivity contribution is -0.136. The van der Waals surface area contributed by atoms with Gasteiger partial charge in [0, 0.05) is 30.4 Å². The van der Waals surface area contributed by atoms with E-state index in [1.54, 1.807) is 36.8 Å². The van der Waals surface area contributed by atoms with Gasteiger partial charge in [0.1, 0.15) is 17.2 Å². The molecule has 0 saturated carbocycles. The van der Waals surface area contributed by atoms with Crippen molar-refractivity contribution in [3.05, 3.63) is 54.0 Å². The minimum atomic E-state index is -4.55. The number of halogens is 3. The van der Waals surface area contributed by atoms with Crippen LogP contribution in [0.15, 0.2) is 48.4 Å². The van der Waals surface area contributed by atoms with Gasteiger partial charge in [-0.1, -0.05) is 0 Å². The Morgan fingerprint density at radius 2 is 2.00 bits per heavy atom. The molecule has 3 N–H and O–H groups in total. The van der Waals surface area contributed by atoms with Gasteiger partial charge in [-0.05, 0) is 36.8 Å². The van der Waals surface area contributed by atoms with Crippen LogP contribution in [-0.2, 0) is 15.5 Å². The van der Waals surface area contributed by atoms with E-state index < -0.39 is 18.9 Å². The number of nitrogens with one attached hydrogen (secondary N) is 3. The van der Waals surface area contributed by atoms with E-state index in [1.165, 1.54) is 7.11 Å². The lowest BCUT2D eigenvalue weighted by atomic mass is 10.2. The number of aromatic amines is 1. The summed E-state index contributed by atoms with van der Waals surface area (Å²) in [6.45, 7) is 3.40. The predicted molar refractivity (Wildman–Crippen MR) is 131 cm³/mol. The zero-order chi connectivity index (χ0) is 25.5. The van der Waals surface area contributed by atoms with Crippen LogP contribution in [-0.4, -0.2) is 52.8 Å². The second-order valence-corrected chi connectivity index (χ2v) is 10.8. The van der Waals surface area contributed by atoms with Crippen LogP contribution in [0.5, 0.6) is 5.75 Å². The van der Waals surface area contributed by atoms with Crippen molar-refractivity contribution >= 4 is 40.9 Å². The molecule has 0 radical (unpaired) electrons. The smallest absolute Gasteiger partial charge is 0.418 e. The van der Waals surface area contributed by atoms with Crippen molar-refractivity contribution in [1.29, 1.82) is 0 Å². The van der Waals surface area contributed by atoms with Crippen LogP contribution in [0.3, 0.4) is 0 Å². The average molecular weight is 520 g/mol. The molecular formula is C23H24F3N6O3P. The van der Waals surface area contributed by atoms with Crippen molar-refractivity contribution < 1.29 is 27.2 Å². The Labute approximate surface area is 204 Å². The quantitative estimate of drug-likeness (QED) is 0.382. The molecule has 0 amide bonds. The molecule has 190 valence electrons. The van der Waals surface area contributed by atoms with Crippen LogP contribution in [0.1, 0.15) is 12.5 Å². The van der Waals surface area contributed by atoms with Gasteiger partial charge in [0.25, 0.3) is 0 Å². The van der Waals surface area contributed by atoms with Gasteiger partial charge in [0.05, 0.1) is 43.0 Å². The highest BCUT2D eigenvalue weighted by molar-refractivity contribution is 7.77. The molecule has 1 saturated heterocycles. The number of aromatic nitrogens is 3. The number of alkyl halides is 3. The molecule has 0 spiro atoms. The summed E-state index contributed by atoms with van der Waals surface area (Å²) in [5.74, 6) is 3.89. The summed E-state index contributed by atoms with van der Waals surface area (Å²) < 4.78 is 64.6. The summed E-state index contributed by atoms with van der Waals surface area (Å²) >= 11 is 0. The van der Waals surface area contributed by atoms with Gasteiger partial charge in [-0.2, -0.15) is 23.1 Å². The summed E-state index contributed by atoms with van der Waals surface area (Å²) in [6, 6.07) is 5.31. The highest BCUT2D eigenvalue weighted by atomic mass is 31.2. The van der Waals surface area contributed by atoms with Crippen molar-refractivity contribution in [3.63, 3.8) is 0 Å². The number of rotatable bonds is 7. The van der Waals surface area contributed by atoms with E-state index in [1.807, 2.05) is 17.3 Å². The molecule has 4 heterocycles. The van der Waals surface area contributed by atoms with Gasteiger partial charge < -0.3 is 34.6 Å². The third-order valence-corrected chi connectivity index (χ3v) is 8.22. The highest BCUT2D eigenvalue weighted by Gasteiger charge is 2.35. The van der Waals surface area contributed by atoms with Crippen molar-refractivity contribution in [2.45, 2.75) is 19.1 Å². The number of H-pyrrole nitrogens is 1. The zero-order valence-corrected chi connectivity index (χ0v) is 20.4. The Kier molecular flexibility index (Phi) is 6.17. The molecule has 13 heteroatoms. The van der Waals surface area contributed by atoms with Crippen LogP contribution >= 0.6 is 7.14 Å². The van der Waals surface area contributed by atoms with E-state index in [0.717, 1.165) is 6.20 Å². The summed E-state index contributed by atoms with van der Waals surface area (Å²) in [7, 11) is -1.47. The summed E-state index contributed by atoms with van der Waals surface area (Å²) in [6.07, 6.45) is -0.0596. The number of nitrogens with zero attached hydrogens (tertiary/aromatic N) is 3. The largest absolute Gasteiger partial charge is 0.495 e. The van der Waals surface area contributed by atoms with Gasteiger partial charge in [-0.25, -0.2) is 0 Å². The van der Waals surface area contributed by atoms with Crippen molar-refractivity contribution in [2.24, 2.45) is 0 Å². The number of methoxy groups -OCH3 is 1. The molecule has 3 aromatic rings. The molecule has 2 aliphatic rings. The number of hydrogen-bond donors (Lipinski definition) is 3. The van der Waals surface area contributed by atoms with Crippen LogP contribution < -0.4 is 20.7 Å². The van der Waals surface area contributed by atoms with E-state index in [-0.39, 0.29) is 28.8 Å². The zero-order valence-electron chi connectivity index (χ0n) is 19.5. The summed E-state index contributed by atoms with van der Waals surface area (Å²) in [5.41, 5.74) is -0.339. The summed E-state index contributed by atoms with van der Waals surface area (Å²) in [5, 5.41) is 6.32. The SMILES string of the molecule is CCNc1nc(Nc2ccc(P3(=O)C=CN(C4COC4)C=C3)cc2OC)nc2[nH]cc(C(F)(F)F)c12. The van der Waals surface area contributed by atoms with Crippen molar-refractivity contribution in [3.8, 4) is 5.75 Å². The lowest BCUT2D eigenvalue weighted by Gasteiger charge is -2.36.